The average Bonchev–Trinajstić information content (AvgIpc) is 2.55. The van der Waals surface area contributed by atoms with Crippen LogP contribution in [0.1, 0.15) is 6.42 Å². The van der Waals surface area contributed by atoms with E-state index in [1.165, 1.54) is 0 Å². The van der Waals surface area contributed by atoms with Gasteiger partial charge in [0, 0.05) is 29.4 Å². The second kappa shape index (κ2) is 5.36. The molecule has 1 aliphatic heterocycles. The van der Waals surface area contributed by atoms with Crippen LogP contribution in [0, 0.1) is 17.6 Å². The van der Waals surface area contributed by atoms with Crippen LogP contribution in [0.25, 0.3) is 0 Å². The third-order valence-electron chi connectivity index (χ3n) is 2.89. The molecule has 1 fully saturated rings. The molecule has 0 saturated carbocycles. The number of benzene rings is 1. The van der Waals surface area contributed by atoms with Gasteiger partial charge in [-0.15, -0.1) is 3.89 Å². The van der Waals surface area contributed by atoms with Gasteiger partial charge < -0.3 is 4.90 Å². The topological polar surface area (TPSA) is 54.5 Å². The number of rotatable bonds is 3. The number of anilines is 1. The maximum atomic E-state index is 13.7. The van der Waals surface area contributed by atoms with E-state index < -0.39 is 39.4 Å². The molecular formula is C11H9BrF3NO3S. The summed E-state index contributed by atoms with van der Waals surface area (Å²) in [4.78, 5) is 12.8. The molecule has 1 aromatic rings. The first-order chi connectivity index (χ1) is 9.17. The van der Waals surface area contributed by atoms with E-state index in [2.05, 4.69) is 15.9 Å². The van der Waals surface area contributed by atoms with Crippen LogP contribution in [-0.2, 0) is 15.0 Å². The van der Waals surface area contributed by atoms with Crippen LogP contribution in [-0.4, -0.2) is 26.6 Å². The second-order valence-electron chi connectivity index (χ2n) is 4.50. The largest absolute Gasteiger partial charge is 0.308 e. The smallest absolute Gasteiger partial charge is 0.302 e. The lowest BCUT2D eigenvalue weighted by molar-refractivity contribution is -0.117. The Morgan fingerprint density at radius 3 is 2.55 bits per heavy atom. The van der Waals surface area contributed by atoms with E-state index >= 15 is 0 Å². The molecule has 1 amide bonds. The van der Waals surface area contributed by atoms with Gasteiger partial charge in [0.2, 0.25) is 5.91 Å². The van der Waals surface area contributed by atoms with Gasteiger partial charge >= 0.3 is 10.2 Å². The van der Waals surface area contributed by atoms with Gasteiger partial charge in [0.25, 0.3) is 0 Å². The third kappa shape index (κ3) is 3.32. The molecule has 1 heterocycles. The van der Waals surface area contributed by atoms with Crippen molar-refractivity contribution in [3.8, 4) is 0 Å². The maximum absolute atomic E-state index is 13.7. The fourth-order valence-corrected chi connectivity index (χ4v) is 3.59. The molecule has 110 valence electrons. The van der Waals surface area contributed by atoms with Crippen LogP contribution in [0.15, 0.2) is 16.6 Å². The molecule has 4 nitrogen and oxygen atoms in total. The highest BCUT2D eigenvalue weighted by atomic mass is 79.9. The Labute approximate surface area is 121 Å². The van der Waals surface area contributed by atoms with Crippen molar-refractivity contribution in [2.24, 2.45) is 5.92 Å². The quantitative estimate of drug-likeness (QED) is 0.766. The number of nitrogens with zero attached hydrogens (tertiary/aromatic N) is 1. The van der Waals surface area contributed by atoms with Gasteiger partial charge in [-0.3, -0.25) is 4.79 Å². The number of hydrogen-bond acceptors (Lipinski definition) is 3. The lowest BCUT2D eigenvalue weighted by Gasteiger charge is -2.19. The van der Waals surface area contributed by atoms with Crippen LogP contribution >= 0.6 is 15.9 Å². The fraction of sp³-hybridized carbons (Fsp3) is 0.364. The molecule has 20 heavy (non-hydrogen) atoms. The first-order valence-electron chi connectivity index (χ1n) is 5.54. The molecule has 1 unspecified atom stereocenters. The molecule has 0 N–H and O–H groups in total. The standard InChI is InChI=1S/C11H9BrF3NO3S/c12-8-2-7(13)3-9(14)11(8)16-4-6(1-10(16)17)5-20(15,18)19/h2-3,6H,1,4-5H2. The van der Waals surface area contributed by atoms with E-state index in [0.29, 0.717) is 6.07 Å². The molecule has 0 bridgehead atoms. The third-order valence-corrected chi connectivity index (χ3v) is 4.37. The van der Waals surface area contributed by atoms with E-state index in [9.17, 15) is 25.9 Å². The molecule has 0 aromatic heterocycles. The number of halogens is 4. The van der Waals surface area contributed by atoms with E-state index in [0.717, 1.165) is 11.0 Å². The van der Waals surface area contributed by atoms with Crippen LogP contribution in [0.4, 0.5) is 18.4 Å². The van der Waals surface area contributed by atoms with Crippen LogP contribution < -0.4 is 4.90 Å². The molecule has 1 atom stereocenters. The van der Waals surface area contributed by atoms with Crippen molar-refractivity contribution in [3.05, 3.63) is 28.2 Å². The summed E-state index contributed by atoms with van der Waals surface area (Å²) in [5, 5.41) is 0. The summed E-state index contributed by atoms with van der Waals surface area (Å²) in [6.45, 7) is -0.136. The lowest BCUT2D eigenvalue weighted by Crippen LogP contribution is -2.26. The van der Waals surface area contributed by atoms with E-state index in [1.54, 1.807) is 0 Å². The van der Waals surface area contributed by atoms with Crippen molar-refractivity contribution in [2.75, 3.05) is 17.2 Å². The van der Waals surface area contributed by atoms with Crippen LogP contribution in [0.2, 0.25) is 0 Å². The van der Waals surface area contributed by atoms with Crippen molar-refractivity contribution in [1.29, 1.82) is 0 Å². The molecule has 0 radical (unpaired) electrons. The monoisotopic (exact) mass is 371 g/mol. The minimum Gasteiger partial charge on any atom is -0.308 e. The highest BCUT2D eigenvalue weighted by molar-refractivity contribution is 9.10. The van der Waals surface area contributed by atoms with Crippen molar-refractivity contribution in [1.82, 2.24) is 0 Å². The Morgan fingerprint density at radius 2 is 2.00 bits per heavy atom. The summed E-state index contributed by atoms with van der Waals surface area (Å²) in [5.74, 6) is -3.85. The molecule has 0 aliphatic carbocycles. The van der Waals surface area contributed by atoms with Gasteiger partial charge in [-0.1, -0.05) is 0 Å². The van der Waals surface area contributed by atoms with Gasteiger partial charge in [-0.05, 0) is 22.0 Å². The summed E-state index contributed by atoms with van der Waals surface area (Å²) in [6, 6.07) is 1.61. The van der Waals surface area contributed by atoms with Crippen molar-refractivity contribution >= 4 is 37.7 Å². The second-order valence-corrected chi connectivity index (χ2v) is 6.76. The Morgan fingerprint density at radius 1 is 1.35 bits per heavy atom. The summed E-state index contributed by atoms with van der Waals surface area (Å²) in [6.07, 6.45) is -0.202. The van der Waals surface area contributed by atoms with Crippen molar-refractivity contribution in [2.45, 2.75) is 6.42 Å². The van der Waals surface area contributed by atoms with Gasteiger partial charge in [-0.25, -0.2) is 8.78 Å². The molecule has 2 rings (SSSR count). The highest BCUT2D eigenvalue weighted by Gasteiger charge is 2.35. The summed E-state index contributed by atoms with van der Waals surface area (Å²) >= 11 is 2.95. The normalized spacial score (nSPS) is 19.7. The molecule has 9 heteroatoms. The number of carbonyl (C=O) groups is 1. The van der Waals surface area contributed by atoms with E-state index in [-0.39, 0.29) is 23.1 Å². The zero-order valence-corrected chi connectivity index (χ0v) is 12.3. The van der Waals surface area contributed by atoms with Crippen LogP contribution in [0.3, 0.4) is 0 Å². The predicted octanol–water partition coefficient (Wildman–Crippen LogP) is 2.38. The van der Waals surface area contributed by atoms with Crippen molar-refractivity contribution < 1.29 is 25.9 Å². The number of carbonyl (C=O) groups excluding carboxylic acids is 1. The zero-order valence-electron chi connectivity index (χ0n) is 9.95. The average molecular weight is 372 g/mol. The summed E-state index contributed by atoms with van der Waals surface area (Å²) in [7, 11) is -4.71. The molecular weight excluding hydrogens is 363 g/mol. The first-order valence-corrected chi connectivity index (χ1v) is 7.89. The Kier molecular flexibility index (Phi) is 4.10. The van der Waals surface area contributed by atoms with E-state index in [4.69, 9.17) is 0 Å². The molecule has 1 saturated heterocycles. The Hall–Kier alpha value is -1.09. The number of hydrogen-bond donors (Lipinski definition) is 0. The lowest BCUT2D eigenvalue weighted by atomic mass is 10.1. The summed E-state index contributed by atoms with van der Waals surface area (Å²) in [5.41, 5.74) is -0.171. The Bertz CT molecular complexity index is 642. The van der Waals surface area contributed by atoms with Crippen molar-refractivity contribution in [3.63, 3.8) is 0 Å². The number of amides is 1. The van der Waals surface area contributed by atoms with Gasteiger partial charge in [-0.2, -0.15) is 8.42 Å². The van der Waals surface area contributed by atoms with E-state index in [1.807, 2.05) is 0 Å². The molecule has 0 spiro atoms. The predicted molar refractivity (Wildman–Crippen MR) is 69.4 cm³/mol. The molecule has 1 aromatic carbocycles. The van der Waals surface area contributed by atoms with Gasteiger partial charge in [0.15, 0.2) is 5.82 Å². The fourth-order valence-electron chi connectivity index (χ4n) is 2.18. The van der Waals surface area contributed by atoms with Crippen LogP contribution in [0.5, 0.6) is 0 Å². The van der Waals surface area contributed by atoms with Gasteiger partial charge in [0.1, 0.15) is 5.82 Å². The minimum absolute atomic E-state index is 0.0344. The zero-order chi connectivity index (χ0) is 15.1. The minimum atomic E-state index is -4.71. The summed E-state index contributed by atoms with van der Waals surface area (Å²) < 4.78 is 60.6. The highest BCUT2D eigenvalue weighted by Crippen LogP contribution is 2.35. The Balaban J connectivity index is 2.29. The first kappa shape index (κ1) is 15.3. The van der Waals surface area contributed by atoms with Gasteiger partial charge in [0.05, 0.1) is 11.4 Å². The molecule has 1 aliphatic rings. The SMILES string of the molecule is O=C1CC(CS(=O)(=O)F)CN1c1c(F)cc(F)cc1Br. The maximum Gasteiger partial charge on any atom is 0.302 e.